The summed E-state index contributed by atoms with van der Waals surface area (Å²) in [5.74, 6) is 0. The van der Waals surface area contributed by atoms with E-state index in [9.17, 15) is 14.4 Å². The van der Waals surface area contributed by atoms with Crippen molar-refractivity contribution in [1.82, 2.24) is 0 Å². The number of hydrogen-bond acceptors (Lipinski definition) is 6. The Morgan fingerprint density at radius 2 is 1.04 bits per heavy atom. The van der Waals surface area contributed by atoms with E-state index in [0.29, 0.717) is 30.5 Å². The molecule has 0 aliphatic rings. The van der Waals surface area contributed by atoms with E-state index in [1.807, 2.05) is 6.92 Å². The fraction of sp³-hybridized carbons (Fsp3) is 0.526. The molecule has 0 saturated carbocycles. The standard InChI is InChI=1S/3C5H8NO.C4H9.Sn/c3*6-4-2-1-3-5-7;1-3-4-2;/h3*1-2H,3-4,6H2;1,3-4H2,2H3;/b3*2-1+;;. The summed E-state index contributed by atoms with van der Waals surface area (Å²) in [7, 11) is 0. The van der Waals surface area contributed by atoms with Crippen molar-refractivity contribution in [2.75, 3.05) is 19.6 Å². The summed E-state index contributed by atoms with van der Waals surface area (Å²) in [5.41, 5.74) is 16.3. The Labute approximate surface area is 160 Å². The zero-order valence-electron chi connectivity index (χ0n) is 15.8. The summed E-state index contributed by atoms with van der Waals surface area (Å²) in [4.78, 5) is 39.2. The first kappa shape index (κ1) is 24.9. The fourth-order valence-corrected chi connectivity index (χ4v) is 14.3. The van der Waals surface area contributed by atoms with E-state index in [1.165, 1.54) is 0 Å². The van der Waals surface area contributed by atoms with Crippen LogP contribution in [-0.2, 0) is 14.4 Å². The second-order valence-corrected chi connectivity index (χ2v) is 17.4. The molecule has 0 aliphatic carbocycles. The Morgan fingerprint density at radius 3 is 1.31 bits per heavy atom. The molecule has 26 heavy (non-hydrogen) atoms. The molecule has 0 radical (unpaired) electrons. The van der Waals surface area contributed by atoms with Crippen molar-refractivity contribution in [3.05, 3.63) is 36.5 Å². The zero-order chi connectivity index (χ0) is 19.8. The van der Waals surface area contributed by atoms with Crippen LogP contribution < -0.4 is 17.2 Å². The van der Waals surface area contributed by atoms with Crippen molar-refractivity contribution in [3.63, 3.8) is 0 Å². The molecule has 0 saturated heterocycles. The van der Waals surface area contributed by atoms with E-state index in [-0.39, 0.29) is 30.7 Å². The summed E-state index contributed by atoms with van der Waals surface area (Å²) >= 11 is -4.42. The first-order valence-electron chi connectivity index (χ1n) is 9.16. The van der Waals surface area contributed by atoms with Crippen LogP contribution in [0.3, 0.4) is 0 Å². The molecule has 0 bridgehead atoms. The average molecular weight is 470 g/mol. The zero-order valence-corrected chi connectivity index (χ0v) is 18.6. The Morgan fingerprint density at radius 1 is 0.692 bits per heavy atom. The number of carbonyl (C=O) groups excluding carboxylic acids is 3. The second-order valence-electron chi connectivity index (χ2n) is 6.01. The van der Waals surface area contributed by atoms with Crippen molar-refractivity contribution in [1.29, 1.82) is 0 Å². The summed E-state index contributed by atoms with van der Waals surface area (Å²) in [5, 5.41) is 0. The molecule has 0 spiro atoms. The van der Waals surface area contributed by atoms with Crippen molar-refractivity contribution in [2.24, 2.45) is 17.2 Å². The third-order valence-corrected chi connectivity index (χ3v) is 17.2. The van der Waals surface area contributed by atoms with Gasteiger partial charge in [-0.1, -0.05) is 0 Å². The summed E-state index contributed by atoms with van der Waals surface area (Å²) < 4.78 is -0.0373. The molecule has 0 aliphatic heterocycles. The van der Waals surface area contributed by atoms with Gasteiger partial charge in [0.15, 0.2) is 0 Å². The predicted octanol–water partition coefficient (Wildman–Crippen LogP) is 1.28. The van der Waals surface area contributed by atoms with Crippen LogP contribution in [-0.4, -0.2) is 49.4 Å². The van der Waals surface area contributed by atoms with Gasteiger partial charge >= 0.3 is 161 Å². The van der Waals surface area contributed by atoms with E-state index in [0.717, 1.165) is 6.42 Å². The maximum atomic E-state index is 13.1. The normalized spacial score (nSPS) is 12.5. The van der Waals surface area contributed by atoms with Crippen LogP contribution in [0.5, 0.6) is 0 Å². The molecule has 0 fully saturated rings. The van der Waals surface area contributed by atoms with Crippen LogP contribution >= 0.6 is 0 Å². The molecular weight excluding hydrogens is 437 g/mol. The third kappa shape index (κ3) is 8.07. The van der Waals surface area contributed by atoms with Crippen molar-refractivity contribution in [2.45, 2.75) is 43.5 Å². The van der Waals surface area contributed by atoms with Gasteiger partial charge in [0.25, 0.3) is 0 Å². The molecule has 0 atom stereocenters. The monoisotopic (exact) mass is 471 g/mol. The van der Waals surface area contributed by atoms with E-state index in [1.54, 1.807) is 36.5 Å². The number of nitrogens with two attached hydrogens (primary N) is 3. The topological polar surface area (TPSA) is 129 Å². The van der Waals surface area contributed by atoms with E-state index >= 15 is 0 Å². The first-order valence-corrected chi connectivity index (χ1v) is 15.5. The molecule has 0 aromatic rings. The van der Waals surface area contributed by atoms with Gasteiger partial charge in [-0.25, -0.2) is 0 Å². The number of unbranched alkanes of at least 4 members (excludes halogenated alkanes) is 1. The Hall–Kier alpha value is -1.09. The Kier molecular flexibility index (Phi) is 14.4. The minimum absolute atomic E-state index is 0.107. The fourth-order valence-electron chi connectivity index (χ4n) is 2.71. The van der Waals surface area contributed by atoms with Crippen LogP contribution in [0.25, 0.3) is 0 Å². The average Bonchev–Trinajstić information content (AvgIpc) is 2.63. The number of allylic oxidation sites excluding steroid dienone is 3. The SMILES string of the molecule is CCC[CH2][Sn]([C](=O)C/C=C/CN)([C](=O)C/C=C/CN)[C](=O)C/C=C/CN. The first-order chi connectivity index (χ1) is 12.5. The molecule has 0 unspecified atom stereocenters. The number of carbonyl (C=O) groups is 3. The van der Waals surface area contributed by atoms with Gasteiger partial charge in [0.1, 0.15) is 0 Å². The molecule has 0 rings (SSSR count). The molecule has 0 amide bonds. The van der Waals surface area contributed by atoms with Gasteiger partial charge in [0.2, 0.25) is 0 Å². The van der Waals surface area contributed by atoms with Crippen LogP contribution in [0.4, 0.5) is 0 Å². The van der Waals surface area contributed by atoms with Crippen LogP contribution in [0, 0.1) is 0 Å². The van der Waals surface area contributed by atoms with Gasteiger partial charge in [-0.15, -0.1) is 0 Å². The molecule has 0 heterocycles. The van der Waals surface area contributed by atoms with Gasteiger partial charge in [-0.3, -0.25) is 0 Å². The molecule has 0 aromatic carbocycles. The molecule has 7 heteroatoms. The van der Waals surface area contributed by atoms with E-state index in [4.69, 9.17) is 17.2 Å². The maximum absolute atomic E-state index is 13.1. The van der Waals surface area contributed by atoms with Gasteiger partial charge in [0.05, 0.1) is 0 Å². The van der Waals surface area contributed by atoms with Crippen molar-refractivity contribution >= 4 is 29.8 Å². The molecule has 6 N–H and O–H groups in total. The Bertz CT molecular complexity index is 473. The van der Waals surface area contributed by atoms with Gasteiger partial charge in [-0.05, 0) is 0 Å². The van der Waals surface area contributed by atoms with Crippen molar-refractivity contribution in [3.8, 4) is 0 Å². The second kappa shape index (κ2) is 15.0. The summed E-state index contributed by atoms with van der Waals surface area (Å²) in [6.45, 7) is 2.97. The predicted molar refractivity (Wildman–Crippen MR) is 109 cm³/mol. The molecule has 146 valence electrons. The van der Waals surface area contributed by atoms with Crippen LogP contribution in [0.2, 0.25) is 4.44 Å². The number of rotatable bonds is 15. The minimum atomic E-state index is -4.42. The molecule has 6 nitrogen and oxygen atoms in total. The Balaban J connectivity index is 5.81. The van der Waals surface area contributed by atoms with E-state index < -0.39 is 18.4 Å². The van der Waals surface area contributed by atoms with Crippen molar-refractivity contribution < 1.29 is 14.4 Å². The van der Waals surface area contributed by atoms with Crippen LogP contribution in [0.1, 0.15) is 39.0 Å². The third-order valence-electron chi connectivity index (χ3n) is 4.15. The van der Waals surface area contributed by atoms with Gasteiger partial charge in [0, 0.05) is 0 Å². The molecule has 0 aromatic heterocycles. The quantitative estimate of drug-likeness (QED) is 0.244. The summed E-state index contributed by atoms with van der Waals surface area (Å²) in [6.07, 6.45) is 11.9. The van der Waals surface area contributed by atoms with Gasteiger partial charge < -0.3 is 0 Å². The number of hydrogen-bond donors (Lipinski definition) is 3. The molecular formula is C19H33N3O3Sn. The van der Waals surface area contributed by atoms with E-state index in [2.05, 4.69) is 0 Å². The van der Waals surface area contributed by atoms with Crippen LogP contribution in [0.15, 0.2) is 36.5 Å². The van der Waals surface area contributed by atoms with Gasteiger partial charge in [-0.2, -0.15) is 0 Å². The summed E-state index contributed by atoms with van der Waals surface area (Å²) in [6, 6.07) is 0.